The summed E-state index contributed by atoms with van der Waals surface area (Å²) in [6.07, 6.45) is -3.55. The van der Waals surface area contributed by atoms with Crippen molar-refractivity contribution in [1.82, 2.24) is 4.98 Å². The van der Waals surface area contributed by atoms with E-state index in [0.717, 1.165) is 19.2 Å². The molecule has 3 nitrogen and oxygen atoms in total. The van der Waals surface area contributed by atoms with Crippen molar-refractivity contribution in [3.63, 3.8) is 0 Å². The van der Waals surface area contributed by atoms with E-state index in [4.69, 9.17) is 4.74 Å². The van der Waals surface area contributed by atoms with Gasteiger partial charge in [-0.15, -0.1) is 0 Å². The highest BCUT2D eigenvalue weighted by Gasteiger charge is 2.35. The third-order valence-electron chi connectivity index (χ3n) is 1.72. The van der Waals surface area contributed by atoms with Crippen molar-refractivity contribution in [3.05, 3.63) is 23.5 Å². The molecule has 0 saturated heterocycles. The van der Waals surface area contributed by atoms with Gasteiger partial charge in [0.25, 0.3) is 0 Å². The van der Waals surface area contributed by atoms with Crippen LogP contribution < -0.4 is 4.74 Å². The fourth-order valence-electron chi connectivity index (χ4n) is 1.08. The maximum absolute atomic E-state index is 12.6. The van der Waals surface area contributed by atoms with Crippen molar-refractivity contribution in [2.24, 2.45) is 0 Å². The van der Waals surface area contributed by atoms with Crippen molar-refractivity contribution in [1.29, 1.82) is 0 Å². The van der Waals surface area contributed by atoms with Crippen molar-refractivity contribution in [3.8, 4) is 5.75 Å². The quantitative estimate of drug-likeness (QED) is 0.636. The van der Waals surface area contributed by atoms with Crippen LogP contribution in [0.4, 0.5) is 13.2 Å². The van der Waals surface area contributed by atoms with Crippen LogP contribution in [0.25, 0.3) is 0 Å². The third kappa shape index (κ3) is 2.94. The molecule has 7 heteroatoms. The molecule has 0 aliphatic heterocycles. The van der Waals surface area contributed by atoms with Gasteiger partial charge in [-0.3, -0.25) is 4.79 Å². The number of Topliss-reactive ketones (excluding diaryl/α,β-unsaturated/α-hetero) is 1. The van der Waals surface area contributed by atoms with Gasteiger partial charge in [0.2, 0.25) is 0 Å². The maximum atomic E-state index is 12.6. The maximum Gasteiger partial charge on any atom is 0.418 e. The molecule has 0 aromatic carbocycles. The highest BCUT2D eigenvalue weighted by Crippen LogP contribution is 2.33. The van der Waals surface area contributed by atoms with E-state index < -0.39 is 23.2 Å². The first kappa shape index (κ1) is 13.0. The Hall–Kier alpha value is -1.11. The van der Waals surface area contributed by atoms with Crippen molar-refractivity contribution < 1.29 is 22.7 Å². The summed E-state index contributed by atoms with van der Waals surface area (Å²) in [6, 6.07) is 0.755. The number of carbonyl (C=O) groups is 1. The second kappa shape index (κ2) is 4.82. The van der Waals surface area contributed by atoms with Gasteiger partial charge in [0, 0.05) is 6.92 Å². The lowest BCUT2D eigenvalue weighted by Crippen LogP contribution is -2.13. The third-order valence-corrected chi connectivity index (χ3v) is 1.95. The molecule has 0 aliphatic carbocycles. The van der Waals surface area contributed by atoms with E-state index >= 15 is 0 Å². The largest absolute Gasteiger partial charge is 0.481 e. The van der Waals surface area contributed by atoms with Gasteiger partial charge in [0.1, 0.15) is 17.0 Å². The molecule has 16 heavy (non-hydrogen) atoms. The van der Waals surface area contributed by atoms with Gasteiger partial charge >= 0.3 is 6.18 Å². The number of hydrogen-bond donors (Lipinski definition) is 0. The molecule has 0 saturated carbocycles. The highest BCUT2D eigenvalue weighted by molar-refractivity contribution is 9.09. The second-order valence-corrected chi connectivity index (χ2v) is 3.33. The number of halogens is 4. The Morgan fingerprint density at radius 2 is 2.19 bits per heavy atom. The number of pyridine rings is 1. The zero-order valence-corrected chi connectivity index (χ0v) is 9.72. The molecule has 0 radical (unpaired) electrons. The van der Waals surface area contributed by atoms with E-state index in [1.807, 2.05) is 0 Å². The van der Waals surface area contributed by atoms with Crippen LogP contribution in [0.3, 0.4) is 0 Å². The Bertz CT molecular complexity index is 406. The second-order valence-electron chi connectivity index (χ2n) is 2.87. The number of hydrogen-bond acceptors (Lipinski definition) is 3. The summed E-state index contributed by atoms with van der Waals surface area (Å²) in [5, 5.41) is 0. The molecule has 1 rings (SSSR count). The van der Waals surface area contributed by atoms with Crippen molar-refractivity contribution in [2.45, 2.75) is 13.1 Å². The summed E-state index contributed by atoms with van der Waals surface area (Å²) in [4.78, 5) is 14.4. The van der Waals surface area contributed by atoms with Gasteiger partial charge in [0.05, 0.1) is 11.8 Å². The van der Waals surface area contributed by atoms with Crippen LogP contribution in [-0.2, 0) is 6.18 Å². The first-order chi connectivity index (χ1) is 7.36. The Morgan fingerprint density at radius 3 is 2.62 bits per heavy atom. The molecule has 0 atom stereocenters. The minimum absolute atomic E-state index is 0.0470. The van der Waals surface area contributed by atoms with Gasteiger partial charge in [-0.05, 0) is 22.0 Å². The summed E-state index contributed by atoms with van der Waals surface area (Å²) in [6.45, 7) is 1.03. The van der Waals surface area contributed by atoms with Gasteiger partial charge in [-0.1, -0.05) is 0 Å². The normalized spacial score (nSPS) is 11.3. The fraction of sp³-hybridized carbons (Fsp3) is 0.333. The Labute approximate surface area is 97.8 Å². The standard InChI is InChI=1S/C9H7BrF3NO2/c1-5(15)8-7(9(11,12)13)2-6(3-14-8)16-4-10/h2-3H,4H2,1H3. The molecule has 0 N–H and O–H groups in total. The minimum Gasteiger partial charge on any atom is -0.481 e. The van der Waals surface area contributed by atoms with Crippen LogP contribution in [-0.4, -0.2) is 16.3 Å². The summed E-state index contributed by atoms with van der Waals surface area (Å²) in [5.41, 5.74) is -1.64. The summed E-state index contributed by atoms with van der Waals surface area (Å²) >= 11 is 2.91. The van der Waals surface area contributed by atoms with Gasteiger partial charge < -0.3 is 4.74 Å². The lowest BCUT2D eigenvalue weighted by Gasteiger charge is -2.11. The summed E-state index contributed by atoms with van der Waals surface area (Å²) in [5.74, 6) is -0.785. The monoisotopic (exact) mass is 297 g/mol. The van der Waals surface area contributed by atoms with Gasteiger partial charge in [0.15, 0.2) is 5.78 Å². The van der Waals surface area contributed by atoms with Crippen LogP contribution in [0.2, 0.25) is 0 Å². The van der Waals surface area contributed by atoms with Crippen LogP contribution >= 0.6 is 15.9 Å². The van der Waals surface area contributed by atoms with Gasteiger partial charge in [-0.25, -0.2) is 4.98 Å². The summed E-state index contributed by atoms with van der Waals surface area (Å²) < 4.78 is 42.5. The first-order valence-electron chi connectivity index (χ1n) is 4.13. The predicted octanol–water partition coefficient (Wildman–Crippen LogP) is 3.03. The smallest absolute Gasteiger partial charge is 0.418 e. The summed E-state index contributed by atoms with van der Waals surface area (Å²) in [7, 11) is 0. The molecule has 0 bridgehead atoms. The molecular weight excluding hydrogens is 291 g/mol. The number of nitrogens with zero attached hydrogens (tertiary/aromatic N) is 1. The van der Waals surface area contributed by atoms with Crippen LogP contribution in [0.5, 0.6) is 5.75 Å². The zero-order valence-electron chi connectivity index (χ0n) is 8.14. The van der Waals surface area contributed by atoms with Crippen molar-refractivity contribution in [2.75, 3.05) is 5.52 Å². The average molecular weight is 298 g/mol. The molecule has 88 valence electrons. The number of aromatic nitrogens is 1. The van der Waals surface area contributed by atoms with Crippen molar-refractivity contribution >= 4 is 21.7 Å². The molecular formula is C9H7BrF3NO2. The number of rotatable bonds is 3. The number of alkyl halides is 4. The van der Waals surface area contributed by atoms with E-state index in [0.29, 0.717) is 0 Å². The van der Waals surface area contributed by atoms with Crippen LogP contribution in [0.15, 0.2) is 12.3 Å². The average Bonchev–Trinajstić information content (AvgIpc) is 2.16. The molecule has 0 spiro atoms. The van der Waals surface area contributed by atoms with Crippen LogP contribution in [0, 0.1) is 0 Å². The number of ketones is 1. The van der Waals surface area contributed by atoms with Crippen LogP contribution in [0.1, 0.15) is 23.0 Å². The highest BCUT2D eigenvalue weighted by atomic mass is 79.9. The van der Waals surface area contributed by atoms with E-state index in [-0.39, 0.29) is 11.3 Å². The zero-order chi connectivity index (χ0) is 12.3. The van der Waals surface area contributed by atoms with Gasteiger partial charge in [-0.2, -0.15) is 13.2 Å². The van der Waals surface area contributed by atoms with E-state index in [9.17, 15) is 18.0 Å². The fourth-order valence-corrected chi connectivity index (χ4v) is 1.35. The molecule has 1 aromatic rings. The molecule has 0 fully saturated rings. The van der Waals surface area contributed by atoms with E-state index in [1.54, 1.807) is 0 Å². The number of ether oxygens (including phenoxy) is 1. The molecule has 1 heterocycles. The molecule has 0 aliphatic rings. The molecule has 0 unspecified atom stereocenters. The minimum atomic E-state index is -4.63. The lowest BCUT2D eigenvalue weighted by molar-refractivity contribution is -0.138. The molecule has 0 amide bonds. The first-order valence-corrected chi connectivity index (χ1v) is 5.25. The Morgan fingerprint density at radius 1 is 1.56 bits per heavy atom. The number of carbonyl (C=O) groups excluding carboxylic acids is 1. The Kier molecular flexibility index (Phi) is 3.90. The Balaban J connectivity index is 3.27. The predicted molar refractivity (Wildman–Crippen MR) is 53.7 cm³/mol. The molecule has 1 aromatic heterocycles. The topological polar surface area (TPSA) is 39.2 Å². The van der Waals surface area contributed by atoms with E-state index in [2.05, 4.69) is 20.9 Å². The van der Waals surface area contributed by atoms with E-state index in [1.165, 1.54) is 0 Å². The lowest BCUT2D eigenvalue weighted by atomic mass is 10.1. The SMILES string of the molecule is CC(=O)c1ncc(OCBr)cc1C(F)(F)F.